The number of fused-ring (bicyclic) bond motifs is 1. The van der Waals surface area contributed by atoms with E-state index in [0.29, 0.717) is 12.1 Å². The molecule has 0 amide bonds. The van der Waals surface area contributed by atoms with Gasteiger partial charge in [0.05, 0.1) is 11.8 Å². The van der Waals surface area contributed by atoms with Crippen LogP contribution in [0.2, 0.25) is 0 Å². The summed E-state index contributed by atoms with van der Waals surface area (Å²) in [6.45, 7) is 4.14. The molecule has 3 heterocycles. The third-order valence-electron chi connectivity index (χ3n) is 5.63. The third kappa shape index (κ3) is 3.36. The normalized spacial score (nSPS) is 25.3. The quantitative estimate of drug-likeness (QED) is 0.850. The molecule has 1 atom stereocenters. The molecular weight excluding hydrogens is 288 g/mol. The number of rotatable bonds is 4. The molecule has 4 rings (SSSR count). The number of aromatic nitrogens is 2. The molecule has 23 heavy (non-hydrogen) atoms. The minimum absolute atomic E-state index is 0.436. The van der Waals surface area contributed by atoms with Crippen LogP contribution in [0.3, 0.4) is 0 Å². The largest absolute Gasteiger partial charge is 0.377 e. The molecule has 5 heteroatoms. The molecule has 1 aliphatic carbocycles. The summed E-state index contributed by atoms with van der Waals surface area (Å²) >= 11 is 0. The predicted molar refractivity (Wildman–Crippen MR) is 90.9 cm³/mol. The van der Waals surface area contributed by atoms with Crippen molar-refractivity contribution in [3.63, 3.8) is 0 Å². The van der Waals surface area contributed by atoms with E-state index in [1.165, 1.54) is 49.8 Å². The number of hydrogen-bond donors (Lipinski definition) is 0. The Balaban J connectivity index is 1.30. The van der Waals surface area contributed by atoms with Crippen molar-refractivity contribution < 1.29 is 4.74 Å². The van der Waals surface area contributed by atoms with Crippen molar-refractivity contribution in [3.05, 3.63) is 17.3 Å². The highest BCUT2D eigenvalue weighted by molar-refractivity contribution is 5.45. The van der Waals surface area contributed by atoms with Gasteiger partial charge in [-0.1, -0.05) is 0 Å². The number of hydrogen-bond acceptors (Lipinski definition) is 5. The second-order valence-corrected chi connectivity index (χ2v) is 7.37. The van der Waals surface area contributed by atoms with Crippen molar-refractivity contribution in [2.24, 2.45) is 0 Å². The molecule has 0 saturated carbocycles. The summed E-state index contributed by atoms with van der Waals surface area (Å²) < 4.78 is 5.86. The van der Waals surface area contributed by atoms with Crippen LogP contribution in [-0.4, -0.2) is 60.5 Å². The van der Waals surface area contributed by atoms with E-state index in [-0.39, 0.29) is 0 Å². The Morgan fingerprint density at radius 1 is 1.17 bits per heavy atom. The molecule has 3 aliphatic rings. The van der Waals surface area contributed by atoms with E-state index >= 15 is 0 Å². The first-order chi connectivity index (χ1) is 11.3. The maximum Gasteiger partial charge on any atom is 0.151 e. The summed E-state index contributed by atoms with van der Waals surface area (Å²) in [6, 6.07) is 2.90. The summed E-state index contributed by atoms with van der Waals surface area (Å²) in [5.41, 5.74) is 2.65. The van der Waals surface area contributed by atoms with Crippen molar-refractivity contribution >= 4 is 5.82 Å². The molecule has 1 aromatic rings. The highest BCUT2D eigenvalue weighted by Crippen LogP contribution is 2.26. The Morgan fingerprint density at radius 2 is 2.04 bits per heavy atom. The van der Waals surface area contributed by atoms with Crippen LogP contribution in [0.4, 0.5) is 5.82 Å². The molecule has 2 aliphatic heterocycles. The van der Waals surface area contributed by atoms with E-state index in [1.807, 2.05) is 0 Å². The molecule has 126 valence electrons. The first-order valence-corrected chi connectivity index (χ1v) is 9.22. The average molecular weight is 316 g/mol. The van der Waals surface area contributed by atoms with Gasteiger partial charge in [-0.15, -0.1) is 5.10 Å². The van der Waals surface area contributed by atoms with Gasteiger partial charge >= 0.3 is 0 Å². The third-order valence-corrected chi connectivity index (χ3v) is 5.63. The molecule has 2 fully saturated rings. The molecule has 0 N–H and O–H groups in total. The fourth-order valence-corrected chi connectivity index (χ4v) is 3.98. The Kier molecular flexibility index (Phi) is 4.49. The maximum atomic E-state index is 5.86. The van der Waals surface area contributed by atoms with Gasteiger partial charge in [0, 0.05) is 32.3 Å². The monoisotopic (exact) mass is 316 g/mol. The van der Waals surface area contributed by atoms with E-state index in [1.54, 1.807) is 0 Å². The number of anilines is 1. The van der Waals surface area contributed by atoms with Gasteiger partial charge in [0.15, 0.2) is 5.82 Å². The lowest BCUT2D eigenvalue weighted by molar-refractivity contribution is -0.0102. The van der Waals surface area contributed by atoms with Crippen LogP contribution in [0.5, 0.6) is 0 Å². The van der Waals surface area contributed by atoms with Gasteiger partial charge in [-0.05, 0) is 63.6 Å². The van der Waals surface area contributed by atoms with Gasteiger partial charge in [-0.25, -0.2) is 0 Å². The van der Waals surface area contributed by atoms with Crippen molar-refractivity contribution in [2.75, 3.05) is 38.2 Å². The smallest absolute Gasteiger partial charge is 0.151 e. The molecule has 1 aromatic heterocycles. The summed E-state index contributed by atoms with van der Waals surface area (Å²) in [7, 11) is 2.23. The molecule has 5 nitrogen and oxygen atoms in total. The van der Waals surface area contributed by atoms with Crippen LogP contribution < -0.4 is 4.90 Å². The Hall–Kier alpha value is -1.20. The zero-order valence-electron chi connectivity index (χ0n) is 14.2. The van der Waals surface area contributed by atoms with Gasteiger partial charge < -0.3 is 9.64 Å². The van der Waals surface area contributed by atoms with Crippen LogP contribution in [-0.2, 0) is 17.6 Å². The second kappa shape index (κ2) is 6.73. The summed E-state index contributed by atoms with van der Waals surface area (Å²) in [6.07, 6.45) is 9.05. The molecule has 0 aromatic carbocycles. The first kappa shape index (κ1) is 15.3. The van der Waals surface area contributed by atoms with Crippen LogP contribution in [0.25, 0.3) is 0 Å². The number of ether oxygens (including phenoxy) is 1. The van der Waals surface area contributed by atoms with E-state index in [9.17, 15) is 0 Å². The lowest BCUT2D eigenvalue weighted by atomic mass is 9.96. The first-order valence-electron chi connectivity index (χ1n) is 9.22. The van der Waals surface area contributed by atoms with Crippen LogP contribution in [0.15, 0.2) is 6.07 Å². The predicted octanol–water partition coefficient (Wildman–Crippen LogP) is 2.04. The fraction of sp³-hybridized carbons (Fsp3) is 0.778. The average Bonchev–Trinajstić information content (AvgIpc) is 2.54. The minimum Gasteiger partial charge on any atom is -0.377 e. The van der Waals surface area contributed by atoms with Crippen molar-refractivity contribution in [1.82, 2.24) is 15.1 Å². The van der Waals surface area contributed by atoms with E-state index < -0.39 is 0 Å². The van der Waals surface area contributed by atoms with Crippen molar-refractivity contribution in [1.29, 1.82) is 0 Å². The molecule has 0 radical (unpaired) electrons. The van der Waals surface area contributed by atoms with Crippen LogP contribution in [0, 0.1) is 0 Å². The van der Waals surface area contributed by atoms with Crippen molar-refractivity contribution in [2.45, 2.75) is 57.1 Å². The molecule has 0 spiro atoms. The van der Waals surface area contributed by atoms with Gasteiger partial charge in [-0.3, -0.25) is 4.90 Å². The second-order valence-electron chi connectivity index (χ2n) is 7.37. The lowest BCUT2D eigenvalue weighted by Gasteiger charge is -2.45. The van der Waals surface area contributed by atoms with E-state index in [2.05, 4.69) is 33.1 Å². The summed E-state index contributed by atoms with van der Waals surface area (Å²) in [4.78, 5) is 4.84. The lowest BCUT2D eigenvalue weighted by Crippen LogP contribution is -2.60. The Morgan fingerprint density at radius 3 is 2.87 bits per heavy atom. The molecule has 0 bridgehead atoms. The molecular formula is C18H28N4O. The summed E-state index contributed by atoms with van der Waals surface area (Å²) in [5.74, 6) is 1.07. The van der Waals surface area contributed by atoms with Gasteiger partial charge in [-0.2, -0.15) is 5.10 Å². The number of likely N-dealkylation sites (N-methyl/N-ethyl adjacent to an activating group) is 1. The highest BCUT2D eigenvalue weighted by Gasteiger charge is 2.32. The summed E-state index contributed by atoms with van der Waals surface area (Å²) in [5, 5.41) is 8.92. The Bertz CT molecular complexity index is 538. The van der Waals surface area contributed by atoms with Crippen molar-refractivity contribution in [3.8, 4) is 0 Å². The van der Waals surface area contributed by atoms with Crippen LogP contribution >= 0.6 is 0 Å². The fourth-order valence-electron chi connectivity index (χ4n) is 3.98. The molecule has 2 saturated heterocycles. The van der Waals surface area contributed by atoms with Gasteiger partial charge in [0.25, 0.3) is 0 Å². The Labute approximate surface area is 139 Å². The number of aryl methyl sites for hydroxylation is 2. The zero-order valence-corrected chi connectivity index (χ0v) is 14.2. The standard InChI is InChI=1S/C18H28N4O/c1-21(13-16-7-4-5-9-23-16)15-11-22(12-15)18-10-14-6-2-3-8-17(14)19-20-18/h10,15-16H,2-9,11-13H2,1H3. The topological polar surface area (TPSA) is 41.5 Å². The van der Waals surface area contributed by atoms with Crippen LogP contribution in [0.1, 0.15) is 43.4 Å². The van der Waals surface area contributed by atoms with E-state index in [0.717, 1.165) is 38.5 Å². The maximum absolute atomic E-state index is 5.86. The zero-order chi connectivity index (χ0) is 15.6. The SMILES string of the molecule is CN(CC1CCCCO1)C1CN(c2cc3c(nn2)CCCC3)C1. The minimum atomic E-state index is 0.436. The van der Waals surface area contributed by atoms with E-state index in [4.69, 9.17) is 4.74 Å². The highest BCUT2D eigenvalue weighted by atomic mass is 16.5. The van der Waals surface area contributed by atoms with Gasteiger partial charge in [0.2, 0.25) is 0 Å². The molecule has 1 unspecified atom stereocenters. The number of nitrogens with zero attached hydrogens (tertiary/aromatic N) is 4. The van der Waals surface area contributed by atoms with Gasteiger partial charge in [0.1, 0.15) is 0 Å².